The summed E-state index contributed by atoms with van der Waals surface area (Å²) in [5, 5.41) is 6.81. The lowest BCUT2D eigenvalue weighted by Crippen LogP contribution is -2.31. The van der Waals surface area contributed by atoms with Gasteiger partial charge in [0.15, 0.2) is 0 Å². The van der Waals surface area contributed by atoms with Gasteiger partial charge in [0, 0.05) is 6.54 Å². The summed E-state index contributed by atoms with van der Waals surface area (Å²) in [6, 6.07) is 6.45. The van der Waals surface area contributed by atoms with E-state index in [4.69, 9.17) is 4.74 Å². The van der Waals surface area contributed by atoms with E-state index in [2.05, 4.69) is 28.8 Å². The topological polar surface area (TPSA) is 33.3 Å². The highest BCUT2D eigenvalue weighted by atomic mass is 16.5. The molecule has 18 heavy (non-hydrogen) atoms. The molecule has 0 radical (unpaired) electrons. The Kier molecular flexibility index (Phi) is 3.81. The third-order valence-corrected chi connectivity index (χ3v) is 4.03. The lowest BCUT2D eigenvalue weighted by molar-refractivity contribution is 0.213. The Morgan fingerprint density at radius 1 is 1.11 bits per heavy atom. The van der Waals surface area contributed by atoms with Crippen LogP contribution in [-0.2, 0) is 13.0 Å². The Morgan fingerprint density at radius 3 is 2.89 bits per heavy atom. The van der Waals surface area contributed by atoms with E-state index in [0.717, 1.165) is 50.9 Å². The van der Waals surface area contributed by atoms with Crippen molar-refractivity contribution in [3.63, 3.8) is 0 Å². The second kappa shape index (κ2) is 5.72. The highest BCUT2D eigenvalue weighted by Crippen LogP contribution is 2.26. The second-order valence-electron chi connectivity index (χ2n) is 5.32. The van der Waals surface area contributed by atoms with Crippen molar-refractivity contribution < 1.29 is 4.74 Å². The zero-order chi connectivity index (χ0) is 12.2. The van der Waals surface area contributed by atoms with Crippen LogP contribution in [0, 0.1) is 5.92 Å². The monoisotopic (exact) mass is 246 g/mol. The number of piperidine rings is 1. The fourth-order valence-electron chi connectivity index (χ4n) is 2.89. The number of benzene rings is 1. The molecule has 0 aromatic heterocycles. The van der Waals surface area contributed by atoms with Crippen molar-refractivity contribution in [2.24, 2.45) is 5.92 Å². The molecule has 0 saturated carbocycles. The van der Waals surface area contributed by atoms with Gasteiger partial charge in [0.05, 0.1) is 6.61 Å². The maximum absolute atomic E-state index is 6.09. The molecule has 0 amide bonds. The number of fused-ring (bicyclic) bond motifs is 1. The second-order valence-corrected chi connectivity index (χ2v) is 5.32. The molecule has 2 heterocycles. The van der Waals surface area contributed by atoms with Gasteiger partial charge in [0.2, 0.25) is 0 Å². The smallest absolute Gasteiger partial charge is 0.122 e. The van der Waals surface area contributed by atoms with Gasteiger partial charge in [-0.15, -0.1) is 0 Å². The summed E-state index contributed by atoms with van der Waals surface area (Å²) in [5.74, 6) is 1.84. The van der Waals surface area contributed by atoms with Gasteiger partial charge in [-0.05, 0) is 62.0 Å². The first-order valence-electron chi connectivity index (χ1n) is 7.08. The van der Waals surface area contributed by atoms with Crippen LogP contribution >= 0.6 is 0 Å². The lowest BCUT2D eigenvalue weighted by atomic mass is 9.98. The molecule has 2 aliphatic heterocycles. The largest absolute Gasteiger partial charge is 0.493 e. The first-order chi connectivity index (χ1) is 8.93. The molecule has 1 fully saturated rings. The minimum Gasteiger partial charge on any atom is -0.493 e. The molecule has 0 atom stereocenters. The molecule has 1 aromatic rings. The van der Waals surface area contributed by atoms with E-state index in [0.29, 0.717) is 0 Å². The molecule has 0 spiro atoms. The van der Waals surface area contributed by atoms with Crippen LogP contribution in [0.5, 0.6) is 5.75 Å². The van der Waals surface area contributed by atoms with Crippen molar-refractivity contribution in [1.29, 1.82) is 0 Å². The number of hydrogen-bond donors (Lipinski definition) is 2. The number of hydrogen-bond acceptors (Lipinski definition) is 3. The van der Waals surface area contributed by atoms with E-state index in [1.54, 1.807) is 0 Å². The zero-order valence-electron chi connectivity index (χ0n) is 10.9. The van der Waals surface area contributed by atoms with Crippen molar-refractivity contribution >= 4 is 0 Å². The van der Waals surface area contributed by atoms with Gasteiger partial charge in [0.1, 0.15) is 5.75 Å². The van der Waals surface area contributed by atoms with E-state index in [1.807, 2.05) is 0 Å². The van der Waals surface area contributed by atoms with Crippen molar-refractivity contribution in [2.75, 3.05) is 26.2 Å². The Labute approximate surface area is 109 Å². The van der Waals surface area contributed by atoms with Crippen molar-refractivity contribution in [1.82, 2.24) is 10.6 Å². The Bertz CT molecular complexity index is 399. The summed E-state index contributed by atoms with van der Waals surface area (Å²) in [7, 11) is 0. The summed E-state index contributed by atoms with van der Waals surface area (Å²) in [4.78, 5) is 0. The fraction of sp³-hybridized carbons (Fsp3) is 0.600. The SMILES string of the molecule is c1cc2c(c(OCC3CCNCC3)c1)CCNC2. The predicted molar refractivity (Wildman–Crippen MR) is 72.9 cm³/mol. The molecule has 3 nitrogen and oxygen atoms in total. The van der Waals surface area contributed by atoms with Crippen LogP contribution in [0.1, 0.15) is 24.0 Å². The summed E-state index contributed by atoms with van der Waals surface area (Å²) in [6.45, 7) is 5.22. The minimum atomic E-state index is 0.726. The number of nitrogens with one attached hydrogen (secondary N) is 2. The summed E-state index contributed by atoms with van der Waals surface area (Å²) in [6.07, 6.45) is 3.59. The first-order valence-corrected chi connectivity index (χ1v) is 7.08. The van der Waals surface area contributed by atoms with Crippen LogP contribution in [-0.4, -0.2) is 26.2 Å². The van der Waals surface area contributed by atoms with Gasteiger partial charge < -0.3 is 15.4 Å². The number of ether oxygens (including phenoxy) is 1. The summed E-state index contributed by atoms with van der Waals surface area (Å²) in [5.41, 5.74) is 2.83. The van der Waals surface area contributed by atoms with Gasteiger partial charge >= 0.3 is 0 Å². The van der Waals surface area contributed by atoms with E-state index in [9.17, 15) is 0 Å². The third kappa shape index (κ3) is 2.68. The van der Waals surface area contributed by atoms with Gasteiger partial charge in [-0.2, -0.15) is 0 Å². The van der Waals surface area contributed by atoms with Gasteiger partial charge in [-0.25, -0.2) is 0 Å². The maximum atomic E-state index is 6.09. The van der Waals surface area contributed by atoms with Gasteiger partial charge in [0.25, 0.3) is 0 Å². The summed E-state index contributed by atoms with van der Waals surface area (Å²) >= 11 is 0. The third-order valence-electron chi connectivity index (χ3n) is 4.03. The molecule has 3 rings (SSSR count). The molecule has 0 bridgehead atoms. The summed E-state index contributed by atoms with van der Waals surface area (Å²) < 4.78 is 6.09. The van der Waals surface area contributed by atoms with Crippen molar-refractivity contribution in [3.05, 3.63) is 29.3 Å². The van der Waals surface area contributed by atoms with E-state index in [1.165, 1.54) is 24.0 Å². The highest BCUT2D eigenvalue weighted by Gasteiger charge is 2.16. The predicted octanol–water partition coefficient (Wildman–Crippen LogP) is 1.71. The Balaban J connectivity index is 1.65. The molecule has 1 aromatic carbocycles. The van der Waals surface area contributed by atoms with Gasteiger partial charge in [-0.1, -0.05) is 12.1 Å². The fourth-order valence-corrected chi connectivity index (χ4v) is 2.89. The van der Waals surface area contributed by atoms with Crippen molar-refractivity contribution in [3.8, 4) is 5.75 Å². The van der Waals surface area contributed by atoms with E-state index in [-0.39, 0.29) is 0 Å². The quantitative estimate of drug-likeness (QED) is 0.852. The standard InChI is InChI=1S/C15H22N2O/c1-2-13-10-17-9-6-14(13)15(3-1)18-11-12-4-7-16-8-5-12/h1-3,12,16-17H,4-11H2. The molecule has 98 valence electrons. The molecule has 3 heteroatoms. The van der Waals surface area contributed by atoms with Crippen LogP contribution in [0.3, 0.4) is 0 Å². The minimum absolute atomic E-state index is 0.726. The van der Waals surface area contributed by atoms with Crippen LogP contribution in [0.2, 0.25) is 0 Å². The molecule has 0 aliphatic carbocycles. The van der Waals surface area contributed by atoms with Crippen LogP contribution in [0.25, 0.3) is 0 Å². The molecule has 0 unspecified atom stereocenters. The lowest BCUT2D eigenvalue weighted by Gasteiger charge is -2.25. The molecule has 1 saturated heterocycles. The Morgan fingerprint density at radius 2 is 2.00 bits per heavy atom. The molecule has 2 aliphatic rings. The first kappa shape index (κ1) is 12.0. The van der Waals surface area contributed by atoms with Crippen LogP contribution < -0.4 is 15.4 Å². The zero-order valence-corrected chi connectivity index (χ0v) is 10.9. The molecule has 2 N–H and O–H groups in total. The van der Waals surface area contributed by atoms with Crippen LogP contribution in [0.15, 0.2) is 18.2 Å². The maximum Gasteiger partial charge on any atom is 0.122 e. The molecular weight excluding hydrogens is 224 g/mol. The average Bonchev–Trinajstić information content (AvgIpc) is 2.46. The van der Waals surface area contributed by atoms with Gasteiger partial charge in [-0.3, -0.25) is 0 Å². The number of rotatable bonds is 3. The Hall–Kier alpha value is -1.06. The normalized spacial score (nSPS) is 20.4. The van der Waals surface area contributed by atoms with E-state index < -0.39 is 0 Å². The van der Waals surface area contributed by atoms with E-state index >= 15 is 0 Å². The van der Waals surface area contributed by atoms with Crippen molar-refractivity contribution in [2.45, 2.75) is 25.8 Å². The van der Waals surface area contributed by atoms with Crippen LogP contribution in [0.4, 0.5) is 0 Å². The average molecular weight is 246 g/mol. The highest BCUT2D eigenvalue weighted by molar-refractivity contribution is 5.41. The molecular formula is C15H22N2O.